The maximum Gasteiger partial charge on any atom is 0.407 e. The number of carbonyl (C=O) groups excluding carboxylic acids is 2. The first-order valence-electron chi connectivity index (χ1n) is 8.06. The molecular formula is C16H33N3O4. The maximum absolute atomic E-state index is 11.6. The number of ether oxygens (including phenoxy) is 2. The second-order valence-corrected chi connectivity index (χ2v) is 7.53. The van der Waals surface area contributed by atoms with Crippen molar-refractivity contribution in [3.8, 4) is 0 Å². The van der Waals surface area contributed by atoms with Crippen LogP contribution < -0.4 is 16.0 Å². The van der Waals surface area contributed by atoms with Crippen molar-refractivity contribution < 1.29 is 19.1 Å². The summed E-state index contributed by atoms with van der Waals surface area (Å²) in [4.78, 5) is 23.0. The van der Waals surface area contributed by atoms with Crippen LogP contribution in [0.2, 0.25) is 0 Å². The second-order valence-electron chi connectivity index (χ2n) is 7.53. The van der Waals surface area contributed by atoms with Crippen molar-refractivity contribution in [2.45, 2.75) is 72.1 Å². The fraction of sp³-hybridized carbons (Fsp3) is 0.875. The van der Waals surface area contributed by atoms with Gasteiger partial charge in [-0.25, -0.2) is 9.59 Å². The highest BCUT2D eigenvalue weighted by atomic mass is 16.6. The molecule has 7 heteroatoms. The maximum atomic E-state index is 11.6. The van der Waals surface area contributed by atoms with Crippen molar-refractivity contribution in [1.82, 2.24) is 16.0 Å². The third-order valence-electron chi connectivity index (χ3n) is 2.41. The molecule has 0 saturated carbocycles. The van der Waals surface area contributed by atoms with Gasteiger partial charge in [0.25, 0.3) is 0 Å². The van der Waals surface area contributed by atoms with Crippen LogP contribution in [0.4, 0.5) is 9.59 Å². The average molecular weight is 331 g/mol. The molecule has 0 aromatic heterocycles. The standard InChI is InChI=1S/C16H33N3O4/c1-12(19-14(21)23-16(5,6)7)11-17-9-8-10-18-13(20)22-15(2,3)4/h12,17H,8-11H2,1-7H3,(H,18,20)(H,19,21). The van der Waals surface area contributed by atoms with E-state index in [-0.39, 0.29) is 6.04 Å². The number of amides is 2. The number of carbonyl (C=O) groups is 2. The average Bonchev–Trinajstić information content (AvgIpc) is 2.28. The van der Waals surface area contributed by atoms with Gasteiger partial charge in [0.05, 0.1) is 0 Å². The van der Waals surface area contributed by atoms with Crippen molar-refractivity contribution in [2.24, 2.45) is 0 Å². The Kier molecular flexibility index (Phi) is 8.97. The first-order valence-corrected chi connectivity index (χ1v) is 8.06. The van der Waals surface area contributed by atoms with Crippen LogP contribution >= 0.6 is 0 Å². The lowest BCUT2D eigenvalue weighted by molar-refractivity contribution is 0.0500. The molecule has 0 radical (unpaired) electrons. The van der Waals surface area contributed by atoms with E-state index in [1.54, 1.807) is 0 Å². The molecule has 7 nitrogen and oxygen atoms in total. The zero-order chi connectivity index (χ0) is 18.1. The number of alkyl carbamates (subject to hydrolysis) is 2. The summed E-state index contributed by atoms with van der Waals surface area (Å²) in [5.41, 5.74) is -0.977. The topological polar surface area (TPSA) is 88.7 Å². The Morgan fingerprint density at radius 2 is 1.43 bits per heavy atom. The van der Waals surface area contributed by atoms with E-state index in [2.05, 4.69) is 16.0 Å². The van der Waals surface area contributed by atoms with Crippen LogP contribution in [0.25, 0.3) is 0 Å². The Hall–Kier alpha value is -1.50. The number of hydrogen-bond acceptors (Lipinski definition) is 5. The van der Waals surface area contributed by atoms with Gasteiger partial charge in [-0.05, 0) is 61.4 Å². The molecule has 0 aliphatic rings. The molecule has 0 saturated heterocycles. The minimum atomic E-state index is -0.495. The number of hydrogen-bond donors (Lipinski definition) is 3. The molecule has 3 N–H and O–H groups in total. The molecule has 1 unspecified atom stereocenters. The lowest BCUT2D eigenvalue weighted by Crippen LogP contribution is -2.43. The highest BCUT2D eigenvalue weighted by molar-refractivity contribution is 5.68. The van der Waals surface area contributed by atoms with Crippen molar-refractivity contribution >= 4 is 12.2 Å². The van der Waals surface area contributed by atoms with E-state index in [9.17, 15) is 9.59 Å². The Labute approximate surface area is 139 Å². The van der Waals surface area contributed by atoms with E-state index in [1.165, 1.54) is 0 Å². The molecular weight excluding hydrogens is 298 g/mol. The molecule has 0 spiro atoms. The molecule has 0 aromatic carbocycles. The molecule has 2 amide bonds. The monoisotopic (exact) mass is 331 g/mol. The molecule has 136 valence electrons. The highest BCUT2D eigenvalue weighted by Gasteiger charge is 2.17. The van der Waals surface area contributed by atoms with E-state index in [0.29, 0.717) is 13.1 Å². The largest absolute Gasteiger partial charge is 0.444 e. The van der Waals surface area contributed by atoms with Crippen molar-refractivity contribution in [3.05, 3.63) is 0 Å². The van der Waals surface area contributed by atoms with Gasteiger partial charge in [-0.1, -0.05) is 0 Å². The summed E-state index contributed by atoms with van der Waals surface area (Å²) in [6.45, 7) is 14.8. The summed E-state index contributed by atoms with van der Waals surface area (Å²) >= 11 is 0. The Morgan fingerprint density at radius 3 is 1.96 bits per heavy atom. The summed E-state index contributed by atoms with van der Waals surface area (Å²) in [5.74, 6) is 0. The lowest BCUT2D eigenvalue weighted by atomic mass is 10.2. The third kappa shape index (κ3) is 15.2. The highest BCUT2D eigenvalue weighted by Crippen LogP contribution is 2.07. The third-order valence-corrected chi connectivity index (χ3v) is 2.41. The van der Waals surface area contributed by atoms with Crippen molar-refractivity contribution in [2.75, 3.05) is 19.6 Å². The fourth-order valence-corrected chi connectivity index (χ4v) is 1.60. The Morgan fingerprint density at radius 1 is 0.913 bits per heavy atom. The van der Waals surface area contributed by atoms with Gasteiger partial charge in [-0.2, -0.15) is 0 Å². The molecule has 0 aliphatic carbocycles. The van der Waals surface area contributed by atoms with Crippen LogP contribution in [0, 0.1) is 0 Å². The lowest BCUT2D eigenvalue weighted by Gasteiger charge is -2.22. The van der Waals surface area contributed by atoms with Gasteiger partial charge in [0.15, 0.2) is 0 Å². The van der Waals surface area contributed by atoms with E-state index in [1.807, 2.05) is 48.5 Å². The molecule has 1 atom stereocenters. The van der Waals surface area contributed by atoms with Crippen LogP contribution in [-0.2, 0) is 9.47 Å². The summed E-state index contributed by atoms with van der Waals surface area (Å²) in [7, 11) is 0. The molecule has 0 fully saturated rings. The van der Waals surface area contributed by atoms with Gasteiger partial charge in [0.2, 0.25) is 0 Å². The van der Waals surface area contributed by atoms with Gasteiger partial charge in [0, 0.05) is 19.1 Å². The zero-order valence-electron chi connectivity index (χ0n) is 15.5. The van der Waals surface area contributed by atoms with Crippen LogP contribution in [0.3, 0.4) is 0 Å². The first-order chi connectivity index (χ1) is 10.4. The molecule has 0 aromatic rings. The van der Waals surface area contributed by atoms with Gasteiger partial charge in [-0.3, -0.25) is 0 Å². The predicted octanol–water partition coefficient (Wildman–Crippen LogP) is 2.40. The van der Waals surface area contributed by atoms with Gasteiger partial charge < -0.3 is 25.4 Å². The zero-order valence-corrected chi connectivity index (χ0v) is 15.5. The quantitative estimate of drug-likeness (QED) is 0.623. The van der Waals surface area contributed by atoms with E-state index in [4.69, 9.17) is 9.47 Å². The fourth-order valence-electron chi connectivity index (χ4n) is 1.60. The molecule has 0 aliphatic heterocycles. The molecule has 23 heavy (non-hydrogen) atoms. The van der Waals surface area contributed by atoms with Crippen molar-refractivity contribution in [3.63, 3.8) is 0 Å². The van der Waals surface area contributed by atoms with Crippen molar-refractivity contribution in [1.29, 1.82) is 0 Å². The van der Waals surface area contributed by atoms with E-state index < -0.39 is 23.4 Å². The number of nitrogens with one attached hydrogen (secondary N) is 3. The second kappa shape index (κ2) is 9.60. The SMILES string of the molecule is CC(CNCCCNC(=O)OC(C)(C)C)NC(=O)OC(C)(C)C. The van der Waals surface area contributed by atoms with Crippen LogP contribution in [0.1, 0.15) is 54.9 Å². The van der Waals surface area contributed by atoms with E-state index in [0.717, 1.165) is 13.0 Å². The van der Waals surface area contributed by atoms with Gasteiger partial charge in [0.1, 0.15) is 11.2 Å². The van der Waals surface area contributed by atoms with Gasteiger partial charge >= 0.3 is 12.2 Å². The van der Waals surface area contributed by atoms with Crippen LogP contribution in [0.15, 0.2) is 0 Å². The minimum absolute atomic E-state index is 0.0383. The minimum Gasteiger partial charge on any atom is -0.444 e. The Balaban J connectivity index is 3.65. The summed E-state index contributed by atoms with van der Waals surface area (Å²) in [5, 5.41) is 8.67. The van der Waals surface area contributed by atoms with E-state index >= 15 is 0 Å². The summed E-state index contributed by atoms with van der Waals surface area (Å²) in [6, 6.07) is -0.0383. The van der Waals surface area contributed by atoms with Crippen LogP contribution in [-0.4, -0.2) is 49.1 Å². The number of rotatable bonds is 7. The summed E-state index contributed by atoms with van der Waals surface area (Å²) < 4.78 is 10.3. The summed E-state index contributed by atoms with van der Waals surface area (Å²) in [6.07, 6.45) is -0.0471. The first kappa shape index (κ1) is 21.5. The normalized spacial score (nSPS) is 13.2. The molecule has 0 bridgehead atoms. The predicted molar refractivity (Wildman–Crippen MR) is 90.6 cm³/mol. The smallest absolute Gasteiger partial charge is 0.407 e. The molecule has 0 rings (SSSR count). The van der Waals surface area contributed by atoms with Gasteiger partial charge in [-0.15, -0.1) is 0 Å². The van der Waals surface area contributed by atoms with Crippen LogP contribution in [0.5, 0.6) is 0 Å². The Bertz CT molecular complexity index is 373. The molecule has 0 heterocycles.